The standard InChI is InChI=1S/C12H17ClN2OS/c1-3-4-10(14)12(16)15-8-5-6-11(17-2)9(13)7-8/h5-7,10H,3-4,14H2,1-2H3,(H,15,16). The van der Waals surface area contributed by atoms with E-state index in [2.05, 4.69) is 5.32 Å². The molecule has 0 saturated carbocycles. The molecule has 5 heteroatoms. The van der Waals surface area contributed by atoms with Crippen molar-refractivity contribution in [1.82, 2.24) is 0 Å². The maximum atomic E-state index is 11.7. The minimum atomic E-state index is -0.459. The lowest BCUT2D eigenvalue weighted by atomic mass is 10.1. The molecule has 94 valence electrons. The summed E-state index contributed by atoms with van der Waals surface area (Å²) in [6, 6.07) is 4.99. The quantitative estimate of drug-likeness (QED) is 0.810. The molecule has 17 heavy (non-hydrogen) atoms. The van der Waals surface area contributed by atoms with Crippen molar-refractivity contribution in [2.75, 3.05) is 11.6 Å². The Labute approximate surface area is 111 Å². The van der Waals surface area contributed by atoms with Crippen LogP contribution in [0.5, 0.6) is 0 Å². The van der Waals surface area contributed by atoms with E-state index in [1.165, 1.54) is 0 Å². The van der Waals surface area contributed by atoms with E-state index in [9.17, 15) is 4.79 Å². The summed E-state index contributed by atoms with van der Waals surface area (Å²) in [5.74, 6) is -0.167. The van der Waals surface area contributed by atoms with Crippen LogP contribution in [0.1, 0.15) is 19.8 Å². The summed E-state index contributed by atoms with van der Waals surface area (Å²) in [6.07, 6.45) is 3.53. The molecule has 1 amide bonds. The number of halogens is 1. The highest BCUT2D eigenvalue weighted by Gasteiger charge is 2.12. The maximum absolute atomic E-state index is 11.7. The molecule has 0 heterocycles. The van der Waals surface area contributed by atoms with Crippen LogP contribution < -0.4 is 11.1 Å². The predicted octanol–water partition coefficient (Wildman–Crippen LogP) is 3.13. The molecule has 0 fully saturated rings. The number of hydrogen-bond acceptors (Lipinski definition) is 3. The fourth-order valence-corrected chi connectivity index (χ4v) is 2.29. The van der Waals surface area contributed by atoms with Gasteiger partial charge in [-0.05, 0) is 30.9 Å². The highest BCUT2D eigenvalue weighted by atomic mass is 35.5. The molecule has 1 atom stereocenters. The first-order valence-electron chi connectivity index (χ1n) is 5.48. The molecular formula is C12H17ClN2OS. The molecule has 1 rings (SSSR count). The molecule has 1 unspecified atom stereocenters. The number of anilines is 1. The van der Waals surface area contributed by atoms with Crippen LogP contribution in [0.4, 0.5) is 5.69 Å². The molecule has 3 nitrogen and oxygen atoms in total. The first-order chi connectivity index (χ1) is 8.08. The van der Waals surface area contributed by atoms with E-state index in [1.807, 2.05) is 25.3 Å². The van der Waals surface area contributed by atoms with Crippen LogP contribution in [0.2, 0.25) is 5.02 Å². The van der Waals surface area contributed by atoms with Crippen molar-refractivity contribution in [3.05, 3.63) is 23.2 Å². The van der Waals surface area contributed by atoms with Gasteiger partial charge in [-0.3, -0.25) is 4.79 Å². The van der Waals surface area contributed by atoms with E-state index < -0.39 is 6.04 Å². The monoisotopic (exact) mass is 272 g/mol. The second kappa shape index (κ2) is 6.89. The third-order valence-electron chi connectivity index (χ3n) is 2.36. The Bertz CT molecular complexity index is 398. The van der Waals surface area contributed by atoms with Gasteiger partial charge in [-0.1, -0.05) is 24.9 Å². The number of carbonyl (C=O) groups excluding carboxylic acids is 1. The molecule has 0 bridgehead atoms. The SMILES string of the molecule is CCCC(N)C(=O)Nc1ccc(SC)c(Cl)c1. The van der Waals surface area contributed by atoms with Crippen LogP contribution in [-0.2, 0) is 4.79 Å². The van der Waals surface area contributed by atoms with Gasteiger partial charge < -0.3 is 11.1 Å². The summed E-state index contributed by atoms with van der Waals surface area (Å²) in [6.45, 7) is 2.00. The smallest absolute Gasteiger partial charge is 0.241 e. The molecule has 0 aromatic heterocycles. The Balaban J connectivity index is 2.69. The van der Waals surface area contributed by atoms with Gasteiger partial charge in [0.05, 0.1) is 11.1 Å². The zero-order valence-corrected chi connectivity index (χ0v) is 11.6. The molecule has 0 spiro atoms. The van der Waals surface area contributed by atoms with E-state index in [4.69, 9.17) is 17.3 Å². The largest absolute Gasteiger partial charge is 0.325 e. The third-order valence-corrected chi connectivity index (χ3v) is 3.58. The Kier molecular flexibility index (Phi) is 5.82. The molecule has 0 saturated heterocycles. The van der Waals surface area contributed by atoms with E-state index in [1.54, 1.807) is 17.8 Å². The van der Waals surface area contributed by atoms with Gasteiger partial charge in [-0.2, -0.15) is 0 Å². The lowest BCUT2D eigenvalue weighted by molar-refractivity contribution is -0.117. The van der Waals surface area contributed by atoms with E-state index in [0.717, 1.165) is 11.3 Å². The zero-order chi connectivity index (χ0) is 12.8. The van der Waals surface area contributed by atoms with Gasteiger partial charge in [0.15, 0.2) is 0 Å². The summed E-state index contributed by atoms with van der Waals surface area (Å²) in [4.78, 5) is 12.7. The number of rotatable bonds is 5. The van der Waals surface area contributed by atoms with Crippen LogP contribution in [0.25, 0.3) is 0 Å². The fraction of sp³-hybridized carbons (Fsp3) is 0.417. The summed E-state index contributed by atoms with van der Waals surface area (Å²) < 4.78 is 0. The van der Waals surface area contributed by atoms with Crippen molar-refractivity contribution < 1.29 is 4.79 Å². The molecular weight excluding hydrogens is 256 g/mol. The highest BCUT2D eigenvalue weighted by Crippen LogP contribution is 2.27. The summed E-state index contributed by atoms with van der Waals surface area (Å²) in [7, 11) is 0. The van der Waals surface area contributed by atoms with Crippen LogP contribution in [0.15, 0.2) is 23.1 Å². The molecule has 0 aliphatic heterocycles. The van der Waals surface area contributed by atoms with E-state index in [0.29, 0.717) is 17.1 Å². The van der Waals surface area contributed by atoms with Gasteiger partial charge in [0.25, 0.3) is 0 Å². The highest BCUT2D eigenvalue weighted by molar-refractivity contribution is 7.98. The molecule has 0 aliphatic rings. The number of benzene rings is 1. The van der Waals surface area contributed by atoms with Gasteiger partial charge in [0.2, 0.25) is 5.91 Å². The van der Waals surface area contributed by atoms with Crippen molar-refractivity contribution in [3.8, 4) is 0 Å². The summed E-state index contributed by atoms with van der Waals surface area (Å²) in [5.41, 5.74) is 6.41. The number of amides is 1. The first-order valence-corrected chi connectivity index (χ1v) is 7.08. The van der Waals surface area contributed by atoms with Crippen molar-refractivity contribution in [1.29, 1.82) is 0 Å². The predicted molar refractivity (Wildman–Crippen MR) is 74.7 cm³/mol. The molecule has 0 aliphatic carbocycles. The number of nitrogens with two attached hydrogens (primary N) is 1. The number of hydrogen-bond donors (Lipinski definition) is 2. The number of carbonyl (C=O) groups is 1. The maximum Gasteiger partial charge on any atom is 0.241 e. The van der Waals surface area contributed by atoms with E-state index in [-0.39, 0.29) is 5.91 Å². The van der Waals surface area contributed by atoms with Crippen LogP contribution in [0.3, 0.4) is 0 Å². The average Bonchev–Trinajstić information content (AvgIpc) is 2.29. The Morgan fingerprint density at radius 1 is 1.59 bits per heavy atom. The lowest BCUT2D eigenvalue weighted by Gasteiger charge is -2.12. The van der Waals surface area contributed by atoms with E-state index >= 15 is 0 Å². The van der Waals surface area contributed by atoms with Gasteiger partial charge in [-0.25, -0.2) is 0 Å². The second-order valence-corrected chi connectivity index (χ2v) is 4.99. The van der Waals surface area contributed by atoms with Crippen molar-refractivity contribution in [2.45, 2.75) is 30.7 Å². The van der Waals surface area contributed by atoms with Crippen molar-refractivity contribution in [3.63, 3.8) is 0 Å². The van der Waals surface area contributed by atoms with Gasteiger partial charge in [-0.15, -0.1) is 11.8 Å². The van der Waals surface area contributed by atoms with Gasteiger partial charge in [0, 0.05) is 10.6 Å². The Morgan fingerprint density at radius 3 is 2.82 bits per heavy atom. The van der Waals surface area contributed by atoms with Crippen LogP contribution in [-0.4, -0.2) is 18.2 Å². The van der Waals surface area contributed by atoms with Gasteiger partial charge >= 0.3 is 0 Å². The minimum Gasteiger partial charge on any atom is -0.325 e. The molecule has 0 radical (unpaired) electrons. The zero-order valence-electron chi connectivity index (χ0n) is 10.00. The normalized spacial score (nSPS) is 12.2. The third kappa shape index (κ3) is 4.22. The topological polar surface area (TPSA) is 55.1 Å². The Morgan fingerprint density at radius 2 is 2.29 bits per heavy atom. The van der Waals surface area contributed by atoms with Crippen molar-refractivity contribution in [2.24, 2.45) is 5.73 Å². The number of thioether (sulfide) groups is 1. The van der Waals surface area contributed by atoms with Gasteiger partial charge in [0.1, 0.15) is 0 Å². The molecule has 1 aromatic rings. The van der Waals surface area contributed by atoms with Crippen molar-refractivity contribution >= 4 is 35.0 Å². The molecule has 3 N–H and O–H groups in total. The summed E-state index contributed by atoms with van der Waals surface area (Å²) >= 11 is 7.62. The van der Waals surface area contributed by atoms with Crippen LogP contribution >= 0.6 is 23.4 Å². The Hall–Kier alpha value is -0.710. The summed E-state index contributed by atoms with van der Waals surface area (Å²) in [5, 5.41) is 3.40. The molecule has 1 aromatic carbocycles. The lowest BCUT2D eigenvalue weighted by Crippen LogP contribution is -2.35. The first kappa shape index (κ1) is 14.4. The van der Waals surface area contributed by atoms with Crippen LogP contribution in [0, 0.1) is 0 Å². The number of nitrogens with one attached hydrogen (secondary N) is 1. The average molecular weight is 273 g/mol. The second-order valence-electron chi connectivity index (χ2n) is 3.73. The fourth-order valence-electron chi connectivity index (χ4n) is 1.42. The minimum absolute atomic E-state index is 0.167.